The maximum atomic E-state index is 13.7. The average Bonchev–Trinajstić information content (AvgIpc) is 3.09. The number of aryl methyl sites for hydroxylation is 1. The molecule has 1 heterocycles. The molecular formula is C38H47ClF3N3O6. The van der Waals surface area contributed by atoms with Gasteiger partial charge >= 0.3 is 12.3 Å². The fourth-order valence-corrected chi connectivity index (χ4v) is 6.62. The minimum Gasteiger partial charge on any atom is -0.542 e. The third-order valence-electron chi connectivity index (χ3n) is 8.77. The van der Waals surface area contributed by atoms with Crippen molar-refractivity contribution in [2.24, 2.45) is 5.92 Å². The van der Waals surface area contributed by atoms with Crippen LogP contribution in [0.25, 0.3) is 11.1 Å². The number of hydrogen-bond acceptors (Lipinski definition) is 6. The molecule has 1 fully saturated rings. The number of methoxy groups -OCH3 is 1. The number of nitrogens with zero attached hydrogens (tertiary/aromatic N) is 2. The van der Waals surface area contributed by atoms with E-state index in [0.717, 1.165) is 47.0 Å². The predicted molar refractivity (Wildman–Crippen MR) is 188 cm³/mol. The highest BCUT2D eigenvalue weighted by atomic mass is 35.5. The van der Waals surface area contributed by atoms with Crippen LogP contribution in [0.3, 0.4) is 0 Å². The maximum absolute atomic E-state index is 13.7. The number of aliphatic carboxylic acids is 1. The number of alkyl carbamates (subject to hydrolysis) is 1. The van der Waals surface area contributed by atoms with Gasteiger partial charge in [-0.15, -0.1) is 0 Å². The summed E-state index contributed by atoms with van der Waals surface area (Å²) in [5.41, 5.74) is 4.23. The van der Waals surface area contributed by atoms with Crippen molar-refractivity contribution in [3.05, 3.63) is 94.0 Å². The number of carboxylic acids is 1. The number of rotatable bonds is 11. The molecule has 0 radical (unpaired) electrons. The number of hydrogen-bond donors (Lipinski definition) is 2. The molecular weight excluding hydrogens is 687 g/mol. The summed E-state index contributed by atoms with van der Waals surface area (Å²) in [6, 6.07) is 21.9. The molecule has 0 spiro atoms. The Morgan fingerprint density at radius 3 is 2.27 bits per heavy atom. The number of quaternary nitrogens is 1. The highest BCUT2D eigenvalue weighted by Crippen LogP contribution is 2.45. The Labute approximate surface area is 302 Å². The van der Waals surface area contributed by atoms with Gasteiger partial charge in [-0.3, -0.25) is 4.79 Å². The highest BCUT2D eigenvalue weighted by Gasteiger charge is 2.43. The SMILES string of the molecule is CCc1cccc(-c2c(Cl)cccc2C(O)(CCCNC(=O)OC)C2CCCN(C(=O)c3ccc(C[N+](C)(C)C)cc3)C2)c1.O=C([O-])C(F)(F)F. The van der Waals surface area contributed by atoms with Crippen molar-refractivity contribution in [1.82, 2.24) is 10.2 Å². The van der Waals surface area contributed by atoms with Gasteiger partial charge in [-0.25, -0.2) is 4.79 Å². The third-order valence-corrected chi connectivity index (χ3v) is 9.08. The third kappa shape index (κ3) is 11.7. The summed E-state index contributed by atoms with van der Waals surface area (Å²) in [5.74, 6) is -3.27. The van der Waals surface area contributed by atoms with Gasteiger partial charge in [-0.1, -0.05) is 67.1 Å². The van der Waals surface area contributed by atoms with E-state index in [-0.39, 0.29) is 11.8 Å². The Morgan fingerprint density at radius 2 is 1.69 bits per heavy atom. The van der Waals surface area contributed by atoms with Crippen LogP contribution in [0.15, 0.2) is 66.7 Å². The number of nitrogens with one attached hydrogen (secondary N) is 1. The van der Waals surface area contributed by atoms with Gasteiger partial charge in [0.15, 0.2) is 0 Å². The molecule has 51 heavy (non-hydrogen) atoms. The number of aliphatic hydroxyl groups is 1. The Morgan fingerprint density at radius 1 is 1.04 bits per heavy atom. The zero-order chi connectivity index (χ0) is 38.0. The average molecular weight is 734 g/mol. The predicted octanol–water partition coefficient (Wildman–Crippen LogP) is 5.95. The number of piperidine rings is 1. The molecule has 9 nitrogen and oxygen atoms in total. The van der Waals surface area contributed by atoms with E-state index < -0.39 is 23.8 Å². The van der Waals surface area contributed by atoms with Crippen molar-refractivity contribution >= 4 is 29.6 Å². The van der Waals surface area contributed by atoms with Crippen LogP contribution in [0.5, 0.6) is 0 Å². The lowest BCUT2D eigenvalue weighted by molar-refractivity contribution is -0.884. The van der Waals surface area contributed by atoms with Gasteiger partial charge in [-0.2, -0.15) is 13.2 Å². The molecule has 0 aliphatic carbocycles. The summed E-state index contributed by atoms with van der Waals surface area (Å²) < 4.78 is 37.1. The van der Waals surface area contributed by atoms with E-state index in [1.165, 1.54) is 18.2 Å². The van der Waals surface area contributed by atoms with Crippen LogP contribution in [0.4, 0.5) is 18.0 Å². The molecule has 278 valence electrons. The summed E-state index contributed by atoms with van der Waals surface area (Å²) in [5, 5.41) is 24.9. The van der Waals surface area contributed by atoms with E-state index in [9.17, 15) is 27.9 Å². The zero-order valence-corrected chi connectivity index (χ0v) is 30.4. The molecule has 2 atom stereocenters. The smallest absolute Gasteiger partial charge is 0.430 e. The first-order chi connectivity index (χ1) is 23.9. The van der Waals surface area contributed by atoms with Gasteiger partial charge in [0.1, 0.15) is 12.5 Å². The first kappa shape index (κ1) is 41.3. The topological polar surface area (TPSA) is 119 Å². The normalized spacial score (nSPS) is 16.0. The minimum absolute atomic E-state index is 0.0248. The number of benzene rings is 3. The molecule has 1 saturated heterocycles. The van der Waals surface area contributed by atoms with Gasteiger partial charge in [0.25, 0.3) is 5.91 Å². The largest absolute Gasteiger partial charge is 0.542 e. The second-order valence-electron chi connectivity index (χ2n) is 13.7. The summed E-state index contributed by atoms with van der Waals surface area (Å²) in [4.78, 5) is 36.1. The summed E-state index contributed by atoms with van der Waals surface area (Å²) >= 11 is 6.89. The van der Waals surface area contributed by atoms with Crippen LogP contribution in [0.1, 0.15) is 59.7 Å². The minimum atomic E-state index is -5.19. The summed E-state index contributed by atoms with van der Waals surface area (Å²) in [6.45, 7) is 4.40. The van der Waals surface area contributed by atoms with Gasteiger partial charge in [0.05, 0.1) is 33.9 Å². The molecule has 4 rings (SSSR count). The van der Waals surface area contributed by atoms with Gasteiger partial charge < -0.3 is 34.4 Å². The second kappa shape index (κ2) is 17.9. The molecule has 3 aromatic carbocycles. The molecule has 0 saturated carbocycles. The number of alkyl halides is 3. The Bertz CT molecular complexity index is 1650. The van der Waals surface area contributed by atoms with Crippen molar-refractivity contribution in [3.63, 3.8) is 0 Å². The fourth-order valence-electron chi connectivity index (χ4n) is 6.34. The first-order valence-electron chi connectivity index (χ1n) is 16.8. The van der Waals surface area contributed by atoms with E-state index in [0.29, 0.717) is 43.1 Å². The molecule has 2 N–H and O–H groups in total. The molecule has 13 heteroatoms. The fraction of sp³-hybridized carbons (Fsp3) is 0.447. The van der Waals surface area contributed by atoms with Crippen molar-refractivity contribution in [2.45, 2.75) is 57.3 Å². The van der Waals surface area contributed by atoms with Crippen molar-refractivity contribution in [2.75, 3.05) is 47.9 Å². The lowest BCUT2D eigenvalue weighted by atomic mass is 9.72. The molecule has 1 aliphatic heterocycles. The van der Waals surface area contributed by atoms with Crippen LogP contribution in [0, 0.1) is 5.92 Å². The number of halogens is 4. The van der Waals surface area contributed by atoms with Crippen LogP contribution >= 0.6 is 11.6 Å². The van der Waals surface area contributed by atoms with Crippen molar-refractivity contribution in [1.29, 1.82) is 0 Å². The molecule has 0 aromatic heterocycles. The van der Waals surface area contributed by atoms with Crippen LogP contribution in [-0.4, -0.2) is 86.5 Å². The number of likely N-dealkylation sites (tertiary alicyclic amines) is 1. The monoisotopic (exact) mass is 733 g/mol. The van der Waals surface area contributed by atoms with Gasteiger partial charge in [-0.05, 0) is 67.0 Å². The van der Waals surface area contributed by atoms with Crippen LogP contribution in [-0.2, 0) is 28.1 Å². The lowest BCUT2D eigenvalue weighted by Crippen LogP contribution is -2.48. The zero-order valence-electron chi connectivity index (χ0n) is 29.7. The standard InChI is InChI=1S/C36H46ClN3O4.C2HF3O2/c1-6-26-11-7-12-29(23-26)33-31(14-8-15-32(33)37)36(43,20-10-21-38-35(42)44-5)30-13-9-22-39(24-30)34(41)28-18-16-27(17-19-28)25-40(2,3)4;3-2(4,5)1(6)7/h7-8,11-12,14-19,23,30,43H,6,9-10,13,20-22,24-25H2,1-5H3;(H,6,7). The number of carboxylic acid groups (broad SMARTS) is 1. The molecule has 3 aromatic rings. The highest BCUT2D eigenvalue weighted by molar-refractivity contribution is 6.33. The van der Waals surface area contributed by atoms with Crippen LogP contribution in [0.2, 0.25) is 5.02 Å². The summed E-state index contributed by atoms with van der Waals surface area (Å²) in [6.07, 6.45) is -2.38. The second-order valence-corrected chi connectivity index (χ2v) is 14.1. The Balaban J connectivity index is 0.000000908. The van der Waals surface area contributed by atoms with E-state index in [1.54, 1.807) is 0 Å². The molecule has 0 bridgehead atoms. The Hall–Kier alpha value is -4.13. The summed E-state index contributed by atoms with van der Waals surface area (Å²) in [7, 11) is 7.77. The van der Waals surface area contributed by atoms with E-state index in [1.807, 2.05) is 59.5 Å². The van der Waals surface area contributed by atoms with Gasteiger partial charge in [0, 0.05) is 47.3 Å². The van der Waals surface area contributed by atoms with E-state index in [4.69, 9.17) is 26.2 Å². The van der Waals surface area contributed by atoms with E-state index >= 15 is 0 Å². The molecule has 2 amide bonds. The van der Waals surface area contributed by atoms with Gasteiger partial charge in [0.2, 0.25) is 0 Å². The van der Waals surface area contributed by atoms with Crippen LogP contribution < -0.4 is 10.4 Å². The Kier molecular flexibility index (Phi) is 14.5. The number of carbonyl (C=O) groups excluding carboxylic acids is 3. The van der Waals surface area contributed by atoms with Crippen molar-refractivity contribution in [3.8, 4) is 11.1 Å². The first-order valence-corrected chi connectivity index (χ1v) is 17.2. The molecule has 1 aliphatic rings. The van der Waals surface area contributed by atoms with Crippen molar-refractivity contribution < 1.29 is 47.0 Å². The quantitative estimate of drug-likeness (QED) is 0.186. The molecule has 2 unspecified atom stereocenters. The lowest BCUT2D eigenvalue weighted by Gasteiger charge is -2.44. The number of ether oxygens (including phenoxy) is 1. The number of carbonyl (C=O) groups is 3. The maximum Gasteiger partial charge on any atom is 0.430 e. The number of amides is 2. The van der Waals surface area contributed by atoms with E-state index in [2.05, 4.69) is 45.5 Å².